The summed E-state index contributed by atoms with van der Waals surface area (Å²) in [6, 6.07) is 27.3. The molecule has 1 saturated carbocycles. The molecule has 7 nitrogen and oxygen atoms in total. The van der Waals surface area contributed by atoms with E-state index < -0.39 is 28.5 Å². The fourth-order valence-corrected chi connectivity index (χ4v) is 7.77. The fourth-order valence-electron chi connectivity index (χ4n) is 6.08. The lowest BCUT2D eigenvalue weighted by atomic mass is 9.94. The Bertz CT molecular complexity index is 1830. The van der Waals surface area contributed by atoms with Gasteiger partial charge in [-0.05, 0) is 73.7 Å². The number of benzene rings is 4. The van der Waals surface area contributed by atoms with Crippen LogP contribution in [0.3, 0.4) is 0 Å². The van der Waals surface area contributed by atoms with Crippen LogP contribution in [0.2, 0.25) is 10.0 Å². The van der Waals surface area contributed by atoms with E-state index in [1.807, 2.05) is 68.4 Å². The zero-order valence-electron chi connectivity index (χ0n) is 27.2. The predicted molar refractivity (Wildman–Crippen MR) is 193 cm³/mol. The van der Waals surface area contributed by atoms with E-state index in [9.17, 15) is 18.0 Å². The lowest BCUT2D eigenvalue weighted by Gasteiger charge is -2.35. The van der Waals surface area contributed by atoms with E-state index in [0.29, 0.717) is 0 Å². The first-order valence-electron chi connectivity index (χ1n) is 16.3. The van der Waals surface area contributed by atoms with Gasteiger partial charge in [-0.25, -0.2) is 8.42 Å². The van der Waals surface area contributed by atoms with Gasteiger partial charge in [0.2, 0.25) is 11.8 Å². The van der Waals surface area contributed by atoms with Gasteiger partial charge in [-0.1, -0.05) is 115 Å². The van der Waals surface area contributed by atoms with Crippen LogP contribution in [-0.2, 0) is 32.6 Å². The maximum atomic E-state index is 14.7. The standard InChI is InChI=1S/C38H41Cl2N3O4S/c1-27-17-20-33(21-18-27)48(46,47)43(32-19-22-34(39)35(40)24-32)26-37(44)42(25-30-14-10-9-11-28(30)2)36(23-29-12-5-3-6-13-29)38(45)41-31-15-7-4-8-16-31/h3,5-6,9-14,17-22,24,31,36H,4,7-8,15-16,23,25-26H2,1-2H3,(H,41,45). The van der Waals surface area contributed by atoms with Crippen molar-refractivity contribution in [2.24, 2.45) is 0 Å². The minimum absolute atomic E-state index is 0.0216. The maximum absolute atomic E-state index is 14.7. The highest BCUT2D eigenvalue weighted by molar-refractivity contribution is 7.92. The summed E-state index contributed by atoms with van der Waals surface area (Å²) in [5.74, 6) is -0.782. The number of amides is 2. The summed E-state index contributed by atoms with van der Waals surface area (Å²) >= 11 is 12.6. The van der Waals surface area contributed by atoms with Crippen LogP contribution in [0.25, 0.3) is 0 Å². The van der Waals surface area contributed by atoms with Gasteiger partial charge in [0.05, 0.1) is 20.6 Å². The number of halogens is 2. The van der Waals surface area contributed by atoms with Crippen molar-refractivity contribution >= 4 is 50.7 Å². The SMILES string of the molecule is Cc1ccc(S(=O)(=O)N(CC(=O)N(Cc2ccccc2C)C(Cc2ccccc2)C(=O)NC2CCCCC2)c2ccc(Cl)c(Cl)c2)cc1. The van der Waals surface area contributed by atoms with Crippen molar-refractivity contribution in [3.63, 3.8) is 0 Å². The number of nitrogens with one attached hydrogen (secondary N) is 1. The predicted octanol–water partition coefficient (Wildman–Crippen LogP) is 7.89. The Labute approximate surface area is 293 Å². The third kappa shape index (κ3) is 8.78. The second-order valence-corrected chi connectivity index (χ2v) is 15.1. The van der Waals surface area contributed by atoms with Crippen molar-refractivity contribution in [3.8, 4) is 0 Å². The molecule has 0 spiro atoms. The van der Waals surface area contributed by atoms with Crippen LogP contribution in [-0.4, -0.2) is 43.8 Å². The number of hydrogen-bond acceptors (Lipinski definition) is 4. The van der Waals surface area contributed by atoms with Crippen LogP contribution in [0, 0.1) is 13.8 Å². The number of nitrogens with zero attached hydrogens (tertiary/aromatic N) is 2. The first-order chi connectivity index (χ1) is 23.0. The second kappa shape index (κ2) is 16.0. The zero-order valence-corrected chi connectivity index (χ0v) is 29.6. The molecule has 0 saturated heterocycles. The van der Waals surface area contributed by atoms with E-state index in [2.05, 4.69) is 5.32 Å². The highest BCUT2D eigenvalue weighted by atomic mass is 35.5. The van der Waals surface area contributed by atoms with Gasteiger partial charge >= 0.3 is 0 Å². The van der Waals surface area contributed by atoms with Gasteiger partial charge in [0.1, 0.15) is 12.6 Å². The van der Waals surface area contributed by atoms with Crippen molar-refractivity contribution < 1.29 is 18.0 Å². The van der Waals surface area contributed by atoms with Gasteiger partial charge in [-0.2, -0.15) is 0 Å². The van der Waals surface area contributed by atoms with Gasteiger partial charge in [0.25, 0.3) is 10.0 Å². The quantitative estimate of drug-likeness (QED) is 0.162. The molecule has 5 rings (SSSR count). The first kappa shape index (κ1) is 35.5. The molecule has 48 heavy (non-hydrogen) atoms. The highest BCUT2D eigenvalue weighted by Gasteiger charge is 2.35. The average Bonchev–Trinajstić information content (AvgIpc) is 3.08. The monoisotopic (exact) mass is 705 g/mol. The molecule has 1 atom stereocenters. The van der Waals surface area contributed by atoms with Crippen LogP contribution in [0.4, 0.5) is 5.69 Å². The zero-order chi connectivity index (χ0) is 34.3. The maximum Gasteiger partial charge on any atom is 0.264 e. The first-order valence-corrected chi connectivity index (χ1v) is 18.5. The molecule has 1 unspecified atom stereocenters. The molecule has 0 aromatic heterocycles. The average molecular weight is 707 g/mol. The Balaban J connectivity index is 1.58. The Hall–Kier alpha value is -3.85. The summed E-state index contributed by atoms with van der Waals surface area (Å²) in [5.41, 5.74) is 3.77. The Kier molecular flexibility index (Phi) is 11.8. The van der Waals surface area contributed by atoms with Crippen molar-refractivity contribution in [2.75, 3.05) is 10.8 Å². The molecule has 10 heteroatoms. The largest absolute Gasteiger partial charge is 0.352 e. The molecule has 0 aliphatic heterocycles. The molecule has 0 radical (unpaired) electrons. The van der Waals surface area contributed by atoms with E-state index >= 15 is 0 Å². The molecule has 4 aromatic rings. The molecular formula is C38H41Cl2N3O4S. The number of rotatable bonds is 12. The molecule has 0 heterocycles. The van der Waals surface area contributed by atoms with Crippen molar-refractivity contribution in [2.45, 2.75) is 75.9 Å². The van der Waals surface area contributed by atoms with Gasteiger partial charge in [0.15, 0.2) is 0 Å². The molecule has 0 bridgehead atoms. The van der Waals surface area contributed by atoms with Crippen LogP contribution in [0.15, 0.2) is 102 Å². The Morgan fingerprint density at radius 2 is 1.50 bits per heavy atom. The molecule has 2 amide bonds. The third-order valence-electron chi connectivity index (χ3n) is 8.90. The smallest absolute Gasteiger partial charge is 0.264 e. The van der Waals surface area contributed by atoms with Crippen LogP contribution >= 0.6 is 23.2 Å². The van der Waals surface area contributed by atoms with Crippen LogP contribution in [0.5, 0.6) is 0 Å². The number of carbonyl (C=O) groups is 2. The molecule has 1 N–H and O–H groups in total. The fraction of sp³-hybridized carbons (Fsp3) is 0.316. The topological polar surface area (TPSA) is 86.8 Å². The van der Waals surface area contributed by atoms with E-state index in [1.54, 1.807) is 12.1 Å². The Morgan fingerprint density at radius 3 is 2.17 bits per heavy atom. The lowest BCUT2D eigenvalue weighted by molar-refractivity contribution is -0.140. The summed E-state index contributed by atoms with van der Waals surface area (Å²) in [4.78, 5) is 30.5. The number of hydrogen-bond donors (Lipinski definition) is 1. The molecule has 4 aromatic carbocycles. The van der Waals surface area contributed by atoms with Gasteiger partial charge in [-0.15, -0.1) is 0 Å². The molecule has 1 aliphatic carbocycles. The number of carbonyl (C=O) groups excluding carboxylic acids is 2. The third-order valence-corrected chi connectivity index (χ3v) is 11.4. The summed E-state index contributed by atoms with van der Waals surface area (Å²) in [5, 5.41) is 3.64. The minimum atomic E-state index is -4.25. The number of anilines is 1. The van der Waals surface area contributed by atoms with Crippen molar-refractivity contribution in [1.29, 1.82) is 0 Å². The van der Waals surface area contributed by atoms with Crippen molar-refractivity contribution in [3.05, 3.63) is 129 Å². The summed E-state index contributed by atoms with van der Waals surface area (Å²) in [7, 11) is -4.25. The summed E-state index contributed by atoms with van der Waals surface area (Å²) in [6.07, 6.45) is 5.24. The van der Waals surface area contributed by atoms with Gasteiger partial charge in [0, 0.05) is 19.0 Å². The molecular weight excluding hydrogens is 665 g/mol. The number of aryl methyl sites for hydroxylation is 2. The van der Waals surface area contributed by atoms with Gasteiger partial charge in [-0.3, -0.25) is 13.9 Å². The highest BCUT2D eigenvalue weighted by Crippen LogP contribution is 2.31. The summed E-state index contributed by atoms with van der Waals surface area (Å²) in [6.45, 7) is 3.37. The molecule has 1 aliphatic rings. The summed E-state index contributed by atoms with van der Waals surface area (Å²) < 4.78 is 29.6. The van der Waals surface area contributed by atoms with E-state index in [0.717, 1.165) is 58.7 Å². The molecule has 252 valence electrons. The second-order valence-electron chi connectivity index (χ2n) is 12.4. The van der Waals surface area contributed by atoms with Crippen LogP contribution < -0.4 is 9.62 Å². The van der Waals surface area contributed by atoms with E-state index in [4.69, 9.17) is 23.2 Å². The lowest BCUT2D eigenvalue weighted by Crippen LogP contribution is -2.55. The molecule has 1 fully saturated rings. The normalized spacial score (nSPS) is 14.2. The van der Waals surface area contributed by atoms with Crippen LogP contribution in [0.1, 0.15) is 54.4 Å². The van der Waals surface area contributed by atoms with E-state index in [1.165, 1.54) is 35.2 Å². The Morgan fingerprint density at radius 1 is 0.833 bits per heavy atom. The number of sulfonamides is 1. The van der Waals surface area contributed by atoms with Crippen molar-refractivity contribution in [1.82, 2.24) is 10.2 Å². The van der Waals surface area contributed by atoms with Gasteiger partial charge < -0.3 is 10.2 Å². The minimum Gasteiger partial charge on any atom is -0.352 e. The van der Waals surface area contributed by atoms with E-state index in [-0.39, 0.29) is 45.5 Å².